The third kappa shape index (κ3) is 6.55. The molecule has 1 unspecified atom stereocenters. The van der Waals surface area contributed by atoms with Crippen LogP contribution in [0, 0.1) is 5.92 Å². The van der Waals surface area contributed by atoms with Gasteiger partial charge in [0.1, 0.15) is 0 Å². The number of esters is 1. The number of nitrogens with zero attached hydrogens (tertiary/aromatic N) is 1. The van der Waals surface area contributed by atoms with Crippen LogP contribution in [0.15, 0.2) is 0 Å². The maximum atomic E-state index is 11.3. The molecule has 0 saturated carbocycles. The van der Waals surface area contributed by atoms with Gasteiger partial charge in [-0.3, -0.25) is 14.4 Å². The second-order valence-corrected chi connectivity index (χ2v) is 3.87. The highest BCUT2D eigenvalue weighted by molar-refractivity contribution is 5.76. The Morgan fingerprint density at radius 2 is 1.88 bits per heavy atom. The first-order valence-corrected chi connectivity index (χ1v) is 5.46. The summed E-state index contributed by atoms with van der Waals surface area (Å²) in [4.78, 5) is 34.7. The van der Waals surface area contributed by atoms with Crippen LogP contribution in [0.1, 0.15) is 20.8 Å². The molecule has 0 aliphatic carbocycles. The van der Waals surface area contributed by atoms with Gasteiger partial charge in [-0.15, -0.1) is 0 Å². The fourth-order valence-corrected chi connectivity index (χ4v) is 1.35. The van der Waals surface area contributed by atoms with Crippen molar-refractivity contribution in [3.8, 4) is 0 Å². The summed E-state index contributed by atoms with van der Waals surface area (Å²) in [5.74, 6) is -1.00. The number of methoxy groups -OCH3 is 1. The van der Waals surface area contributed by atoms with Crippen LogP contribution in [-0.2, 0) is 19.1 Å². The van der Waals surface area contributed by atoms with E-state index in [2.05, 4.69) is 10.1 Å². The van der Waals surface area contributed by atoms with Gasteiger partial charge in [-0.1, -0.05) is 6.92 Å². The molecule has 0 spiro atoms. The van der Waals surface area contributed by atoms with Crippen LogP contribution in [0.25, 0.3) is 0 Å². The predicted molar refractivity (Wildman–Crippen MR) is 62.1 cm³/mol. The Labute approximate surface area is 101 Å². The van der Waals surface area contributed by atoms with Gasteiger partial charge in [0, 0.05) is 33.5 Å². The lowest BCUT2D eigenvalue weighted by Gasteiger charge is -2.23. The van der Waals surface area contributed by atoms with E-state index in [1.165, 1.54) is 25.9 Å². The highest BCUT2D eigenvalue weighted by Crippen LogP contribution is 2.02. The topological polar surface area (TPSA) is 75.7 Å². The van der Waals surface area contributed by atoms with Crippen molar-refractivity contribution in [2.45, 2.75) is 20.8 Å². The Morgan fingerprint density at radius 1 is 1.29 bits per heavy atom. The molecule has 0 aromatic heterocycles. The Hall–Kier alpha value is -1.59. The molecule has 0 aliphatic rings. The molecule has 98 valence electrons. The molecule has 1 N–H and O–H groups in total. The minimum Gasteiger partial charge on any atom is -0.469 e. The number of hydrogen-bond acceptors (Lipinski definition) is 4. The van der Waals surface area contributed by atoms with Crippen LogP contribution < -0.4 is 5.32 Å². The maximum absolute atomic E-state index is 11.3. The summed E-state index contributed by atoms with van der Waals surface area (Å²) < 4.78 is 4.59. The number of ether oxygens (including phenoxy) is 1. The van der Waals surface area contributed by atoms with E-state index in [9.17, 15) is 14.4 Å². The lowest BCUT2D eigenvalue weighted by atomic mass is 10.1. The van der Waals surface area contributed by atoms with Gasteiger partial charge in [-0.25, -0.2) is 0 Å². The van der Waals surface area contributed by atoms with Crippen molar-refractivity contribution in [1.29, 1.82) is 0 Å². The third-order valence-electron chi connectivity index (χ3n) is 2.30. The van der Waals surface area contributed by atoms with Gasteiger partial charge in [-0.2, -0.15) is 0 Å². The minimum atomic E-state index is -0.374. The summed E-state index contributed by atoms with van der Waals surface area (Å²) in [6.07, 6.45) is 0. The van der Waals surface area contributed by atoms with Gasteiger partial charge in [0.25, 0.3) is 0 Å². The number of carbonyl (C=O) groups excluding carboxylic acids is 3. The lowest BCUT2D eigenvalue weighted by molar-refractivity contribution is -0.146. The second kappa shape index (κ2) is 7.65. The molecule has 0 heterocycles. The number of rotatable bonds is 6. The number of carbonyl (C=O) groups is 3. The first-order chi connectivity index (χ1) is 7.88. The first-order valence-electron chi connectivity index (χ1n) is 5.46. The summed E-state index contributed by atoms with van der Waals surface area (Å²) in [5.41, 5.74) is 0. The van der Waals surface area contributed by atoms with Gasteiger partial charge in [-0.05, 0) is 0 Å². The normalized spacial score (nSPS) is 11.5. The summed E-state index contributed by atoms with van der Waals surface area (Å²) in [5, 5.41) is 2.60. The Kier molecular flexibility index (Phi) is 6.93. The molecular weight excluding hydrogens is 224 g/mol. The summed E-state index contributed by atoms with van der Waals surface area (Å²) in [7, 11) is 1.31. The molecule has 2 amide bonds. The van der Waals surface area contributed by atoms with Crippen molar-refractivity contribution in [3.63, 3.8) is 0 Å². The minimum absolute atomic E-state index is 0.133. The van der Waals surface area contributed by atoms with Gasteiger partial charge in [0.05, 0.1) is 13.0 Å². The SMILES string of the molecule is COC(=O)C(C)CN(CCNC(C)=O)C(C)=O. The van der Waals surface area contributed by atoms with Crippen molar-refractivity contribution in [2.24, 2.45) is 5.92 Å². The quantitative estimate of drug-likeness (QED) is 0.655. The van der Waals surface area contributed by atoms with Crippen LogP contribution in [0.4, 0.5) is 0 Å². The molecular formula is C11H20N2O4. The van der Waals surface area contributed by atoms with Crippen LogP contribution >= 0.6 is 0 Å². The van der Waals surface area contributed by atoms with Crippen LogP contribution in [0.2, 0.25) is 0 Å². The van der Waals surface area contributed by atoms with Crippen LogP contribution in [-0.4, -0.2) is 49.4 Å². The molecule has 17 heavy (non-hydrogen) atoms. The number of hydrogen-bond donors (Lipinski definition) is 1. The highest BCUT2D eigenvalue weighted by Gasteiger charge is 2.19. The van der Waals surface area contributed by atoms with Crippen LogP contribution in [0.3, 0.4) is 0 Å². The maximum Gasteiger partial charge on any atom is 0.310 e. The zero-order valence-electron chi connectivity index (χ0n) is 10.8. The largest absolute Gasteiger partial charge is 0.469 e. The first kappa shape index (κ1) is 15.4. The molecule has 0 radical (unpaired) electrons. The zero-order valence-corrected chi connectivity index (χ0v) is 10.8. The fourth-order valence-electron chi connectivity index (χ4n) is 1.35. The van der Waals surface area contributed by atoms with Crippen molar-refractivity contribution in [2.75, 3.05) is 26.7 Å². The van der Waals surface area contributed by atoms with Crippen LogP contribution in [0.5, 0.6) is 0 Å². The molecule has 6 heteroatoms. The van der Waals surface area contributed by atoms with E-state index in [1.54, 1.807) is 6.92 Å². The number of nitrogens with one attached hydrogen (secondary N) is 1. The molecule has 1 atom stereocenters. The summed E-state index contributed by atoms with van der Waals surface area (Å²) >= 11 is 0. The molecule has 0 bridgehead atoms. The zero-order chi connectivity index (χ0) is 13.4. The van der Waals surface area contributed by atoms with Crippen molar-refractivity contribution in [1.82, 2.24) is 10.2 Å². The summed E-state index contributed by atoms with van der Waals surface area (Å²) in [6, 6.07) is 0. The average molecular weight is 244 g/mol. The van der Waals surface area contributed by atoms with E-state index >= 15 is 0 Å². The van der Waals surface area contributed by atoms with Crippen molar-refractivity contribution in [3.05, 3.63) is 0 Å². The van der Waals surface area contributed by atoms with Gasteiger partial charge in [0.2, 0.25) is 11.8 Å². The Morgan fingerprint density at radius 3 is 2.29 bits per heavy atom. The number of amides is 2. The summed E-state index contributed by atoms with van der Waals surface area (Å²) in [6.45, 7) is 5.59. The monoisotopic (exact) mass is 244 g/mol. The lowest BCUT2D eigenvalue weighted by Crippen LogP contribution is -2.40. The molecule has 6 nitrogen and oxygen atoms in total. The molecule has 0 rings (SSSR count). The molecule has 0 aromatic rings. The fraction of sp³-hybridized carbons (Fsp3) is 0.727. The Balaban J connectivity index is 4.20. The van der Waals surface area contributed by atoms with Gasteiger partial charge < -0.3 is 15.0 Å². The average Bonchev–Trinajstić information content (AvgIpc) is 2.25. The smallest absolute Gasteiger partial charge is 0.310 e. The highest BCUT2D eigenvalue weighted by atomic mass is 16.5. The van der Waals surface area contributed by atoms with E-state index in [0.717, 1.165) is 0 Å². The standard InChI is InChI=1S/C11H20N2O4/c1-8(11(16)17-4)7-13(10(3)15)6-5-12-9(2)14/h8H,5-7H2,1-4H3,(H,12,14). The predicted octanol–water partition coefficient (Wildman–Crippen LogP) is -0.220. The molecule has 0 aromatic carbocycles. The van der Waals surface area contributed by atoms with E-state index in [4.69, 9.17) is 0 Å². The molecule has 0 fully saturated rings. The van der Waals surface area contributed by atoms with Gasteiger partial charge in [0.15, 0.2) is 0 Å². The van der Waals surface area contributed by atoms with Crippen molar-refractivity contribution >= 4 is 17.8 Å². The van der Waals surface area contributed by atoms with Crippen molar-refractivity contribution < 1.29 is 19.1 Å². The van der Waals surface area contributed by atoms with E-state index in [1.807, 2.05) is 0 Å². The second-order valence-electron chi connectivity index (χ2n) is 3.87. The Bertz CT molecular complexity index is 291. The molecule has 0 aliphatic heterocycles. The third-order valence-corrected chi connectivity index (χ3v) is 2.30. The molecule has 0 saturated heterocycles. The van der Waals surface area contributed by atoms with E-state index < -0.39 is 0 Å². The van der Waals surface area contributed by atoms with E-state index in [-0.39, 0.29) is 23.7 Å². The van der Waals surface area contributed by atoms with Gasteiger partial charge >= 0.3 is 5.97 Å². The van der Waals surface area contributed by atoms with E-state index in [0.29, 0.717) is 19.6 Å².